The Balaban J connectivity index is 2.36. The lowest BCUT2D eigenvalue weighted by molar-refractivity contribution is 0.335. The number of rotatable bonds is 6. The number of hydrogen-bond donors (Lipinski definition) is 1. The van der Waals surface area contributed by atoms with E-state index in [4.69, 9.17) is 4.74 Å². The smallest absolute Gasteiger partial charge is 0.124 e. The molecule has 0 saturated heterocycles. The monoisotopic (exact) mass is 287 g/mol. The zero-order valence-electron chi connectivity index (χ0n) is 13.6. The summed E-state index contributed by atoms with van der Waals surface area (Å²) in [4.78, 5) is 4.37. The molecule has 1 aromatic heterocycles. The lowest BCUT2D eigenvalue weighted by atomic mass is 10.0. The summed E-state index contributed by atoms with van der Waals surface area (Å²) in [7, 11) is 1.98. The average molecular weight is 287 g/mol. The molecule has 4 nitrogen and oxygen atoms in total. The van der Waals surface area contributed by atoms with Crippen molar-refractivity contribution in [3.63, 3.8) is 0 Å². The van der Waals surface area contributed by atoms with Gasteiger partial charge in [-0.15, -0.1) is 0 Å². The predicted molar refractivity (Wildman–Crippen MR) is 85.9 cm³/mol. The molecule has 4 heteroatoms. The van der Waals surface area contributed by atoms with E-state index >= 15 is 0 Å². The molecule has 1 unspecified atom stereocenters. The van der Waals surface area contributed by atoms with Gasteiger partial charge < -0.3 is 14.6 Å². The Kier molecular flexibility index (Phi) is 5.02. The van der Waals surface area contributed by atoms with Crippen molar-refractivity contribution in [2.45, 2.75) is 40.3 Å². The van der Waals surface area contributed by atoms with E-state index in [-0.39, 0.29) is 0 Å². The van der Waals surface area contributed by atoms with Gasteiger partial charge in [0, 0.05) is 17.3 Å². The molecule has 2 rings (SSSR count). The largest absolute Gasteiger partial charge is 0.494 e. The minimum absolute atomic E-state index is 0.324. The topological polar surface area (TPSA) is 39.1 Å². The minimum Gasteiger partial charge on any atom is -0.494 e. The highest BCUT2D eigenvalue weighted by atomic mass is 16.5. The lowest BCUT2D eigenvalue weighted by Crippen LogP contribution is -2.13. The first kappa shape index (κ1) is 15.6. The molecular weight excluding hydrogens is 262 g/mol. The second kappa shape index (κ2) is 6.76. The van der Waals surface area contributed by atoms with Gasteiger partial charge >= 0.3 is 0 Å². The van der Waals surface area contributed by atoms with Crippen LogP contribution in [-0.4, -0.2) is 23.2 Å². The van der Waals surface area contributed by atoms with Crippen molar-refractivity contribution < 1.29 is 4.74 Å². The summed E-state index contributed by atoms with van der Waals surface area (Å²) in [6.45, 7) is 9.77. The molecule has 1 aromatic carbocycles. The van der Waals surface area contributed by atoms with E-state index in [1.54, 1.807) is 0 Å². The van der Waals surface area contributed by atoms with Gasteiger partial charge in [0.1, 0.15) is 5.75 Å². The van der Waals surface area contributed by atoms with Crippen molar-refractivity contribution in [1.82, 2.24) is 14.9 Å². The highest BCUT2D eigenvalue weighted by molar-refractivity contribution is 5.39. The Morgan fingerprint density at radius 2 is 2.10 bits per heavy atom. The molecular formula is C17H25N3O. The Morgan fingerprint density at radius 3 is 2.67 bits per heavy atom. The van der Waals surface area contributed by atoms with E-state index in [0.29, 0.717) is 12.6 Å². The molecule has 21 heavy (non-hydrogen) atoms. The van der Waals surface area contributed by atoms with Crippen molar-refractivity contribution in [2.75, 3.05) is 13.7 Å². The molecule has 0 spiro atoms. The van der Waals surface area contributed by atoms with Crippen LogP contribution in [0.25, 0.3) is 0 Å². The van der Waals surface area contributed by atoms with Gasteiger partial charge in [-0.05, 0) is 52.4 Å². The van der Waals surface area contributed by atoms with Crippen molar-refractivity contribution in [3.8, 4) is 5.75 Å². The summed E-state index contributed by atoms with van der Waals surface area (Å²) < 4.78 is 7.94. The van der Waals surface area contributed by atoms with Crippen molar-refractivity contribution >= 4 is 0 Å². The van der Waals surface area contributed by atoms with Crippen LogP contribution in [0.5, 0.6) is 5.75 Å². The molecule has 0 aliphatic rings. The first-order chi connectivity index (χ1) is 10.1. The highest BCUT2D eigenvalue weighted by Gasteiger charge is 2.11. The summed E-state index contributed by atoms with van der Waals surface area (Å²) in [6.07, 6.45) is 1.90. The summed E-state index contributed by atoms with van der Waals surface area (Å²) in [5.41, 5.74) is 4.74. The number of aryl methyl sites for hydroxylation is 1. The molecule has 1 N–H and O–H groups in total. The molecule has 0 amide bonds. The summed E-state index contributed by atoms with van der Waals surface area (Å²) >= 11 is 0. The van der Waals surface area contributed by atoms with Gasteiger partial charge in [0.25, 0.3) is 0 Å². The molecule has 1 heterocycles. The molecule has 1 atom stereocenters. The maximum atomic E-state index is 5.77. The number of ether oxygens (including phenoxy) is 1. The Hall–Kier alpha value is -1.81. The fourth-order valence-electron chi connectivity index (χ4n) is 2.34. The van der Waals surface area contributed by atoms with Crippen molar-refractivity contribution in [2.24, 2.45) is 0 Å². The van der Waals surface area contributed by atoms with Crippen LogP contribution < -0.4 is 10.1 Å². The minimum atomic E-state index is 0.324. The van der Waals surface area contributed by atoms with Crippen LogP contribution >= 0.6 is 0 Å². The normalized spacial score (nSPS) is 12.4. The van der Waals surface area contributed by atoms with Crippen LogP contribution in [0.1, 0.15) is 42.4 Å². The van der Waals surface area contributed by atoms with E-state index in [1.807, 2.05) is 27.2 Å². The van der Waals surface area contributed by atoms with Crippen LogP contribution in [0.15, 0.2) is 24.5 Å². The van der Waals surface area contributed by atoms with E-state index in [1.165, 1.54) is 16.8 Å². The maximum Gasteiger partial charge on any atom is 0.124 e. The number of nitrogens with one attached hydrogen (secondary N) is 1. The molecule has 0 fully saturated rings. The molecule has 0 bridgehead atoms. The van der Waals surface area contributed by atoms with Crippen LogP contribution in [0.4, 0.5) is 0 Å². The number of benzene rings is 1. The van der Waals surface area contributed by atoms with Gasteiger partial charge in [-0.3, -0.25) is 0 Å². The number of hydrogen-bond acceptors (Lipinski definition) is 3. The van der Waals surface area contributed by atoms with E-state index < -0.39 is 0 Å². The lowest BCUT2D eigenvalue weighted by Gasteiger charge is -2.16. The standard InChI is InChI=1S/C17H25N3O/c1-6-21-17-8-7-15(13(3)18-5)9-16(17)10-20-11-19-12(2)14(20)4/h7-9,11,13,18H,6,10H2,1-5H3. The maximum absolute atomic E-state index is 5.77. The van der Waals surface area contributed by atoms with Gasteiger partial charge in [0.05, 0.1) is 25.2 Å². The van der Waals surface area contributed by atoms with Crippen LogP contribution in [-0.2, 0) is 6.54 Å². The average Bonchev–Trinajstić information content (AvgIpc) is 2.80. The molecule has 0 radical (unpaired) electrons. The van der Waals surface area contributed by atoms with Crippen LogP contribution in [0.2, 0.25) is 0 Å². The van der Waals surface area contributed by atoms with Crippen LogP contribution in [0, 0.1) is 13.8 Å². The molecule has 0 aliphatic heterocycles. The van der Waals surface area contributed by atoms with Crippen LogP contribution in [0.3, 0.4) is 0 Å². The second-order valence-corrected chi connectivity index (χ2v) is 5.35. The fourth-order valence-corrected chi connectivity index (χ4v) is 2.34. The number of imidazole rings is 1. The van der Waals surface area contributed by atoms with E-state index in [2.05, 4.69) is 46.9 Å². The first-order valence-corrected chi connectivity index (χ1v) is 7.48. The van der Waals surface area contributed by atoms with Gasteiger partial charge in [0.2, 0.25) is 0 Å². The SMILES string of the molecule is CCOc1ccc(C(C)NC)cc1Cn1cnc(C)c1C. The predicted octanol–water partition coefficient (Wildman–Crippen LogP) is 3.23. The summed E-state index contributed by atoms with van der Waals surface area (Å²) in [5, 5.41) is 3.28. The zero-order chi connectivity index (χ0) is 15.4. The quantitative estimate of drug-likeness (QED) is 0.886. The summed E-state index contributed by atoms with van der Waals surface area (Å²) in [5.74, 6) is 0.954. The van der Waals surface area contributed by atoms with Gasteiger partial charge in [-0.2, -0.15) is 0 Å². The van der Waals surface area contributed by atoms with E-state index in [9.17, 15) is 0 Å². The molecule has 2 aromatic rings. The molecule has 114 valence electrons. The third-order valence-electron chi connectivity index (χ3n) is 4.00. The fraction of sp³-hybridized carbons (Fsp3) is 0.471. The van der Waals surface area contributed by atoms with Gasteiger partial charge in [0.15, 0.2) is 0 Å². The third-order valence-corrected chi connectivity index (χ3v) is 4.00. The second-order valence-electron chi connectivity index (χ2n) is 5.35. The summed E-state index contributed by atoms with van der Waals surface area (Å²) in [6, 6.07) is 6.74. The third kappa shape index (κ3) is 3.45. The van der Waals surface area contributed by atoms with E-state index in [0.717, 1.165) is 18.0 Å². The first-order valence-electron chi connectivity index (χ1n) is 7.48. The highest BCUT2D eigenvalue weighted by Crippen LogP contribution is 2.25. The van der Waals surface area contributed by atoms with Gasteiger partial charge in [-0.25, -0.2) is 4.98 Å². The Labute approximate surface area is 127 Å². The van der Waals surface area contributed by atoms with Crippen molar-refractivity contribution in [3.05, 3.63) is 47.0 Å². The Bertz CT molecular complexity index is 604. The number of nitrogens with zero attached hydrogens (tertiary/aromatic N) is 2. The molecule has 0 saturated carbocycles. The van der Waals surface area contributed by atoms with Crippen molar-refractivity contribution in [1.29, 1.82) is 0 Å². The number of aromatic nitrogens is 2. The Morgan fingerprint density at radius 1 is 1.33 bits per heavy atom. The zero-order valence-corrected chi connectivity index (χ0v) is 13.6. The molecule has 0 aliphatic carbocycles. The van der Waals surface area contributed by atoms with Gasteiger partial charge in [-0.1, -0.05) is 6.07 Å².